The van der Waals surface area contributed by atoms with Crippen molar-refractivity contribution in [3.05, 3.63) is 106 Å². The van der Waals surface area contributed by atoms with Crippen molar-refractivity contribution >= 4 is 34.0 Å². The summed E-state index contributed by atoms with van der Waals surface area (Å²) in [4.78, 5) is 4.37. The molecule has 0 aliphatic carbocycles. The molecule has 1 aromatic heterocycles. The van der Waals surface area contributed by atoms with Gasteiger partial charge in [-0.05, 0) is 46.7 Å². The number of pyridine rings is 1. The lowest BCUT2D eigenvalue weighted by Gasteiger charge is -2.15. The summed E-state index contributed by atoms with van der Waals surface area (Å²) in [7, 11) is 0. The van der Waals surface area contributed by atoms with Crippen LogP contribution in [0.1, 0.15) is 16.8 Å². The lowest BCUT2D eigenvalue weighted by Crippen LogP contribution is -2.15. The van der Waals surface area contributed by atoms with Crippen molar-refractivity contribution in [3.8, 4) is 5.75 Å². The van der Waals surface area contributed by atoms with Gasteiger partial charge in [0.25, 0.3) is 0 Å². The van der Waals surface area contributed by atoms with Gasteiger partial charge in [-0.25, -0.2) is 0 Å². The van der Waals surface area contributed by atoms with E-state index >= 15 is 0 Å². The number of hydrogen-bond acceptors (Lipinski definition) is 3. The Labute approximate surface area is 180 Å². The predicted octanol–water partition coefficient (Wildman–Crippen LogP) is 6.41. The third-order valence-corrected chi connectivity index (χ3v) is 5.45. The second-order valence-corrected chi connectivity index (χ2v) is 7.54. The maximum Gasteiger partial charge on any atom is 0.124 e. The molecule has 3 nitrogen and oxygen atoms in total. The number of aromatic nitrogens is 1. The quantitative estimate of drug-likeness (QED) is 0.373. The molecule has 0 aliphatic rings. The minimum Gasteiger partial charge on any atom is -0.489 e. The summed E-state index contributed by atoms with van der Waals surface area (Å²) in [6.45, 7) is 1.79. The number of benzene rings is 3. The maximum atomic E-state index is 6.17. The van der Waals surface area contributed by atoms with Gasteiger partial charge in [-0.3, -0.25) is 4.98 Å². The molecule has 5 heteroatoms. The van der Waals surface area contributed by atoms with Gasteiger partial charge in [-0.15, -0.1) is 0 Å². The minimum atomic E-state index is 0.419. The van der Waals surface area contributed by atoms with Gasteiger partial charge in [-0.1, -0.05) is 65.7 Å². The highest BCUT2D eigenvalue weighted by Gasteiger charge is 2.10. The first-order valence-electron chi connectivity index (χ1n) is 9.39. The molecule has 0 aliphatic heterocycles. The van der Waals surface area contributed by atoms with Gasteiger partial charge >= 0.3 is 0 Å². The molecule has 146 valence electrons. The van der Waals surface area contributed by atoms with Crippen LogP contribution in [0, 0.1) is 0 Å². The zero-order valence-electron chi connectivity index (χ0n) is 15.7. The van der Waals surface area contributed by atoms with Gasteiger partial charge in [0.05, 0.1) is 15.7 Å². The molecule has 0 bridgehead atoms. The lowest BCUT2D eigenvalue weighted by molar-refractivity contribution is 0.302. The number of nitrogens with one attached hydrogen (secondary N) is 1. The Balaban J connectivity index is 1.55. The van der Waals surface area contributed by atoms with E-state index in [9.17, 15) is 0 Å². The molecule has 0 atom stereocenters. The van der Waals surface area contributed by atoms with Crippen LogP contribution in [0.3, 0.4) is 0 Å². The first-order chi connectivity index (χ1) is 14.2. The Kier molecular flexibility index (Phi) is 6.30. The van der Waals surface area contributed by atoms with Crippen LogP contribution in [0.4, 0.5) is 0 Å². The molecule has 0 saturated heterocycles. The molecule has 0 fully saturated rings. The first kappa shape index (κ1) is 19.7. The van der Waals surface area contributed by atoms with Gasteiger partial charge in [0, 0.05) is 24.8 Å². The molecule has 0 spiro atoms. The number of rotatable bonds is 7. The van der Waals surface area contributed by atoms with Crippen molar-refractivity contribution in [2.24, 2.45) is 0 Å². The van der Waals surface area contributed by atoms with Gasteiger partial charge in [0.15, 0.2) is 0 Å². The Morgan fingerprint density at radius 1 is 0.828 bits per heavy atom. The maximum absolute atomic E-state index is 6.17. The van der Waals surface area contributed by atoms with Crippen molar-refractivity contribution in [1.29, 1.82) is 0 Å². The Bertz CT molecular complexity index is 1120. The van der Waals surface area contributed by atoms with E-state index in [0.717, 1.165) is 22.6 Å². The van der Waals surface area contributed by atoms with Crippen LogP contribution in [-0.2, 0) is 19.7 Å². The number of halogens is 2. The Morgan fingerprint density at radius 2 is 1.69 bits per heavy atom. The van der Waals surface area contributed by atoms with Crippen molar-refractivity contribution in [2.45, 2.75) is 19.7 Å². The smallest absolute Gasteiger partial charge is 0.124 e. The van der Waals surface area contributed by atoms with Crippen molar-refractivity contribution < 1.29 is 4.74 Å². The molecule has 29 heavy (non-hydrogen) atoms. The fourth-order valence-corrected chi connectivity index (χ4v) is 3.56. The highest BCUT2D eigenvalue weighted by atomic mass is 35.5. The predicted molar refractivity (Wildman–Crippen MR) is 120 cm³/mol. The van der Waals surface area contributed by atoms with Crippen LogP contribution in [0.2, 0.25) is 10.0 Å². The summed E-state index contributed by atoms with van der Waals surface area (Å²) >= 11 is 12.1. The fraction of sp³-hybridized carbons (Fsp3) is 0.125. The summed E-state index contributed by atoms with van der Waals surface area (Å²) in [6.07, 6.45) is 1.81. The van der Waals surface area contributed by atoms with E-state index in [1.54, 1.807) is 12.3 Å². The van der Waals surface area contributed by atoms with Gasteiger partial charge in [-0.2, -0.15) is 0 Å². The van der Waals surface area contributed by atoms with E-state index in [1.807, 2.05) is 48.5 Å². The molecular weight excluding hydrogens is 403 g/mol. The van der Waals surface area contributed by atoms with Crippen LogP contribution in [0.25, 0.3) is 10.8 Å². The zero-order valence-corrected chi connectivity index (χ0v) is 17.3. The molecule has 4 rings (SSSR count). The molecular formula is C24H20Cl2N2O. The van der Waals surface area contributed by atoms with Crippen LogP contribution in [-0.4, -0.2) is 4.98 Å². The van der Waals surface area contributed by atoms with E-state index in [0.29, 0.717) is 29.7 Å². The highest BCUT2D eigenvalue weighted by Crippen LogP contribution is 2.29. The molecule has 0 amide bonds. The minimum absolute atomic E-state index is 0.419. The highest BCUT2D eigenvalue weighted by molar-refractivity contribution is 6.42. The van der Waals surface area contributed by atoms with E-state index in [2.05, 4.69) is 28.5 Å². The van der Waals surface area contributed by atoms with Gasteiger partial charge in [0.1, 0.15) is 12.4 Å². The number of hydrogen-bond donors (Lipinski definition) is 1. The second-order valence-electron chi connectivity index (χ2n) is 6.73. The van der Waals surface area contributed by atoms with Crippen LogP contribution < -0.4 is 10.1 Å². The lowest BCUT2D eigenvalue weighted by atomic mass is 10.0. The van der Waals surface area contributed by atoms with Gasteiger partial charge < -0.3 is 10.1 Å². The second kappa shape index (κ2) is 9.27. The normalized spacial score (nSPS) is 11.0. The average Bonchev–Trinajstić information content (AvgIpc) is 2.76. The molecule has 0 unspecified atom stereocenters. The van der Waals surface area contributed by atoms with Crippen molar-refractivity contribution in [3.63, 3.8) is 0 Å². The molecule has 3 aromatic carbocycles. The average molecular weight is 423 g/mol. The van der Waals surface area contributed by atoms with Crippen molar-refractivity contribution in [1.82, 2.24) is 10.3 Å². The first-order valence-corrected chi connectivity index (χ1v) is 10.1. The summed E-state index contributed by atoms with van der Waals surface area (Å²) in [5, 5.41) is 6.92. The molecule has 0 radical (unpaired) electrons. The number of fused-ring (bicyclic) bond motifs is 1. The number of nitrogens with zero attached hydrogens (tertiary/aromatic N) is 1. The van der Waals surface area contributed by atoms with Crippen LogP contribution in [0.15, 0.2) is 79.0 Å². The van der Waals surface area contributed by atoms with E-state index in [1.165, 1.54) is 10.8 Å². The molecule has 1 N–H and O–H groups in total. The fourth-order valence-electron chi connectivity index (χ4n) is 3.24. The van der Waals surface area contributed by atoms with E-state index in [-0.39, 0.29) is 0 Å². The topological polar surface area (TPSA) is 34.1 Å². The third kappa shape index (κ3) is 4.88. The molecule has 1 heterocycles. The summed E-state index contributed by atoms with van der Waals surface area (Å²) in [5.74, 6) is 0.850. The van der Waals surface area contributed by atoms with E-state index in [4.69, 9.17) is 27.9 Å². The SMILES string of the molecule is Clc1ccc(COc2ccc3ccccc3c2CNCc2ccccn2)cc1Cl. The third-order valence-electron chi connectivity index (χ3n) is 4.71. The molecule has 0 saturated carbocycles. The van der Waals surface area contributed by atoms with Crippen LogP contribution >= 0.6 is 23.2 Å². The molecule has 4 aromatic rings. The van der Waals surface area contributed by atoms with Gasteiger partial charge in [0.2, 0.25) is 0 Å². The number of ether oxygens (including phenoxy) is 1. The summed E-state index contributed by atoms with van der Waals surface area (Å²) in [6, 6.07) is 23.9. The Morgan fingerprint density at radius 3 is 2.52 bits per heavy atom. The Hall–Kier alpha value is -2.59. The standard InChI is InChI=1S/C24H20Cl2N2O/c25-22-10-8-17(13-23(22)26)16-29-24-11-9-18-5-1-2-7-20(18)21(24)15-27-14-19-6-3-4-12-28-19/h1-13,27H,14-16H2. The summed E-state index contributed by atoms with van der Waals surface area (Å²) in [5.41, 5.74) is 3.10. The van der Waals surface area contributed by atoms with Crippen LogP contribution in [0.5, 0.6) is 5.75 Å². The van der Waals surface area contributed by atoms with E-state index < -0.39 is 0 Å². The summed E-state index contributed by atoms with van der Waals surface area (Å²) < 4.78 is 6.17. The monoisotopic (exact) mass is 422 g/mol. The largest absolute Gasteiger partial charge is 0.489 e. The van der Waals surface area contributed by atoms with Crippen molar-refractivity contribution in [2.75, 3.05) is 0 Å². The zero-order chi connectivity index (χ0) is 20.1.